The first-order valence-electron chi connectivity index (χ1n) is 9.07. The number of piperidine rings is 1. The van der Waals surface area contributed by atoms with Crippen molar-refractivity contribution in [2.24, 2.45) is 17.8 Å². The normalized spacial score (nSPS) is 36.5. The molecule has 1 aliphatic heterocycles. The van der Waals surface area contributed by atoms with E-state index >= 15 is 0 Å². The van der Waals surface area contributed by atoms with Crippen LogP contribution in [0.3, 0.4) is 0 Å². The first kappa shape index (κ1) is 16.3. The largest absolute Gasteiger partial charge is 0.317 e. The van der Waals surface area contributed by atoms with Crippen molar-refractivity contribution >= 4 is 0 Å². The summed E-state index contributed by atoms with van der Waals surface area (Å²) in [6.07, 6.45) is 9.89. The number of likely N-dealkylation sites (tertiary alicyclic amines) is 1. The number of nitrogens with one attached hydrogen (secondary N) is 1. The lowest BCUT2D eigenvalue weighted by Gasteiger charge is -2.43. The van der Waals surface area contributed by atoms with E-state index in [0.29, 0.717) is 0 Å². The highest BCUT2D eigenvalue weighted by Crippen LogP contribution is 2.35. The number of hydrogen-bond acceptors (Lipinski definition) is 2. The van der Waals surface area contributed by atoms with Gasteiger partial charge in [0.25, 0.3) is 0 Å². The number of hydrogen-bond donors (Lipinski definition) is 1. The average molecular weight is 280 g/mol. The lowest BCUT2D eigenvalue weighted by atomic mass is 9.73. The van der Waals surface area contributed by atoms with Gasteiger partial charge in [0.05, 0.1) is 0 Å². The first-order chi connectivity index (χ1) is 9.65. The molecule has 0 aromatic heterocycles. The van der Waals surface area contributed by atoms with Crippen LogP contribution in [0, 0.1) is 17.8 Å². The second kappa shape index (κ2) is 7.79. The topological polar surface area (TPSA) is 15.3 Å². The number of nitrogens with zero attached hydrogens (tertiary/aromatic N) is 1. The molecule has 0 aromatic carbocycles. The maximum Gasteiger partial charge on any atom is 0.0105 e. The Morgan fingerprint density at radius 3 is 2.60 bits per heavy atom. The molecular weight excluding hydrogens is 244 g/mol. The Bertz CT molecular complexity index is 277. The van der Waals surface area contributed by atoms with Crippen molar-refractivity contribution in [3.05, 3.63) is 0 Å². The van der Waals surface area contributed by atoms with Crippen LogP contribution in [0.5, 0.6) is 0 Å². The van der Waals surface area contributed by atoms with Gasteiger partial charge < -0.3 is 10.2 Å². The summed E-state index contributed by atoms with van der Waals surface area (Å²) in [4.78, 5) is 2.82. The van der Waals surface area contributed by atoms with Crippen LogP contribution < -0.4 is 5.32 Å². The SMILES string of the molecule is CCC1CCCCN1CC1CC(C(C)C)CCC1NC. The van der Waals surface area contributed by atoms with E-state index in [1.165, 1.54) is 58.0 Å². The van der Waals surface area contributed by atoms with Crippen molar-refractivity contribution in [2.75, 3.05) is 20.1 Å². The molecule has 1 saturated carbocycles. The highest BCUT2D eigenvalue weighted by molar-refractivity contribution is 4.88. The molecule has 0 spiro atoms. The summed E-state index contributed by atoms with van der Waals surface area (Å²) in [6, 6.07) is 1.62. The van der Waals surface area contributed by atoms with Gasteiger partial charge in [0.15, 0.2) is 0 Å². The Morgan fingerprint density at radius 1 is 1.15 bits per heavy atom. The van der Waals surface area contributed by atoms with Crippen molar-refractivity contribution in [2.45, 2.75) is 77.8 Å². The van der Waals surface area contributed by atoms with Crippen LogP contribution >= 0.6 is 0 Å². The van der Waals surface area contributed by atoms with Gasteiger partial charge in [-0.05, 0) is 69.9 Å². The lowest BCUT2D eigenvalue weighted by Crippen LogP contribution is -2.49. The molecule has 4 atom stereocenters. The maximum absolute atomic E-state index is 3.61. The van der Waals surface area contributed by atoms with Crippen LogP contribution in [0.15, 0.2) is 0 Å². The van der Waals surface area contributed by atoms with Gasteiger partial charge in [0.2, 0.25) is 0 Å². The molecule has 118 valence electrons. The van der Waals surface area contributed by atoms with Gasteiger partial charge in [0, 0.05) is 18.6 Å². The van der Waals surface area contributed by atoms with E-state index in [9.17, 15) is 0 Å². The minimum absolute atomic E-state index is 0.754. The third kappa shape index (κ3) is 3.98. The molecule has 1 saturated heterocycles. The molecular formula is C18H36N2. The van der Waals surface area contributed by atoms with E-state index in [1.807, 2.05) is 0 Å². The highest BCUT2D eigenvalue weighted by Gasteiger charge is 2.33. The maximum atomic E-state index is 3.61. The minimum Gasteiger partial charge on any atom is -0.317 e. The van der Waals surface area contributed by atoms with Crippen molar-refractivity contribution in [1.29, 1.82) is 0 Å². The van der Waals surface area contributed by atoms with Gasteiger partial charge >= 0.3 is 0 Å². The van der Waals surface area contributed by atoms with Crippen LogP contribution in [0.25, 0.3) is 0 Å². The molecule has 0 amide bonds. The van der Waals surface area contributed by atoms with E-state index in [-0.39, 0.29) is 0 Å². The van der Waals surface area contributed by atoms with Crippen LogP contribution in [0.1, 0.15) is 65.7 Å². The Hall–Kier alpha value is -0.0800. The summed E-state index contributed by atoms with van der Waals surface area (Å²) >= 11 is 0. The molecule has 2 heteroatoms. The highest BCUT2D eigenvalue weighted by atomic mass is 15.2. The lowest BCUT2D eigenvalue weighted by molar-refractivity contribution is 0.0780. The summed E-state index contributed by atoms with van der Waals surface area (Å²) < 4.78 is 0. The summed E-state index contributed by atoms with van der Waals surface area (Å²) in [5.74, 6) is 2.68. The van der Waals surface area contributed by atoms with E-state index < -0.39 is 0 Å². The molecule has 2 fully saturated rings. The summed E-state index contributed by atoms with van der Waals surface area (Å²) in [5, 5.41) is 3.61. The molecule has 0 bridgehead atoms. The first-order valence-corrected chi connectivity index (χ1v) is 9.07. The standard InChI is InChI=1S/C18H36N2/c1-5-17-8-6-7-11-20(17)13-16-12-15(14(2)3)9-10-18(16)19-4/h14-19H,5-13H2,1-4H3. The molecule has 0 aromatic rings. The van der Waals surface area contributed by atoms with Crippen molar-refractivity contribution in [3.8, 4) is 0 Å². The van der Waals surface area contributed by atoms with Crippen LogP contribution in [0.2, 0.25) is 0 Å². The Labute approximate surface area is 126 Å². The quantitative estimate of drug-likeness (QED) is 0.821. The molecule has 1 N–H and O–H groups in total. The van der Waals surface area contributed by atoms with Crippen LogP contribution in [-0.2, 0) is 0 Å². The molecule has 1 heterocycles. The third-order valence-electron chi connectivity index (χ3n) is 6.03. The van der Waals surface area contributed by atoms with Crippen LogP contribution in [-0.4, -0.2) is 37.1 Å². The van der Waals surface area contributed by atoms with Crippen LogP contribution in [0.4, 0.5) is 0 Å². The van der Waals surface area contributed by atoms with Gasteiger partial charge in [-0.2, -0.15) is 0 Å². The predicted octanol–water partition coefficient (Wildman–Crippen LogP) is 3.91. The van der Waals surface area contributed by atoms with Gasteiger partial charge in [-0.25, -0.2) is 0 Å². The van der Waals surface area contributed by atoms with E-state index in [2.05, 4.69) is 38.0 Å². The molecule has 20 heavy (non-hydrogen) atoms. The van der Waals surface area contributed by atoms with Gasteiger partial charge in [0.1, 0.15) is 0 Å². The van der Waals surface area contributed by atoms with Gasteiger partial charge in [-0.15, -0.1) is 0 Å². The zero-order valence-electron chi connectivity index (χ0n) is 14.2. The smallest absolute Gasteiger partial charge is 0.0105 e. The molecule has 2 rings (SSSR count). The second-order valence-electron chi connectivity index (χ2n) is 7.53. The predicted molar refractivity (Wildman–Crippen MR) is 88.0 cm³/mol. The Balaban J connectivity index is 1.96. The monoisotopic (exact) mass is 280 g/mol. The molecule has 1 aliphatic carbocycles. The minimum atomic E-state index is 0.754. The third-order valence-corrected chi connectivity index (χ3v) is 6.03. The van der Waals surface area contributed by atoms with Gasteiger partial charge in [-0.3, -0.25) is 0 Å². The van der Waals surface area contributed by atoms with Gasteiger partial charge in [-0.1, -0.05) is 27.2 Å². The molecule has 2 aliphatic rings. The average Bonchev–Trinajstić information content (AvgIpc) is 2.47. The fourth-order valence-electron chi connectivity index (χ4n) is 4.55. The Kier molecular flexibility index (Phi) is 6.35. The second-order valence-corrected chi connectivity index (χ2v) is 7.53. The van der Waals surface area contributed by atoms with E-state index in [1.54, 1.807) is 0 Å². The zero-order valence-corrected chi connectivity index (χ0v) is 14.2. The molecule has 0 radical (unpaired) electrons. The summed E-state index contributed by atoms with van der Waals surface area (Å²) in [6.45, 7) is 9.88. The van der Waals surface area contributed by atoms with Crippen molar-refractivity contribution < 1.29 is 0 Å². The van der Waals surface area contributed by atoms with E-state index in [0.717, 1.165) is 29.8 Å². The molecule has 2 nitrogen and oxygen atoms in total. The fourth-order valence-corrected chi connectivity index (χ4v) is 4.55. The summed E-state index contributed by atoms with van der Waals surface area (Å²) in [7, 11) is 2.17. The van der Waals surface area contributed by atoms with Crippen molar-refractivity contribution in [1.82, 2.24) is 10.2 Å². The Morgan fingerprint density at radius 2 is 1.95 bits per heavy atom. The zero-order chi connectivity index (χ0) is 14.5. The van der Waals surface area contributed by atoms with Crippen molar-refractivity contribution in [3.63, 3.8) is 0 Å². The number of rotatable bonds is 5. The van der Waals surface area contributed by atoms with E-state index in [4.69, 9.17) is 0 Å². The summed E-state index contributed by atoms with van der Waals surface area (Å²) in [5.41, 5.74) is 0. The fraction of sp³-hybridized carbons (Fsp3) is 1.00. The molecule has 4 unspecified atom stereocenters.